The van der Waals surface area contributed by atoms with Crippen molar-refractivity contribution in [1.82, 2.24) is 9.97 Å². The molecule has 4 rings (SSSR count). The van der Waals surface area contributed by atoms with Crippen molar-refractivity contribution in [2.24, 2.45) is 0 Å². The van der Waals surface area contributed by atoms with Gasteiger partial charge in [-0.3, -0.25) is 10.1 Å². The number of nitrogens with zero attached hydrogens (tertiary/aromatic N) is 3. The summed E-state index contributed by atoms with van der Waals surface area (Å²) in [4.78, 5) is 19.4. The molecule has 0 atom stereocenters. The molecule has 0 radical (unpaired) electrons. The van der Waals surface area contributed by atoms with Gasteiger partial charge in [0, 0.05) is 36.3 Å². The van der Waals surface area contributed by atoms with Gasteiger partial charge in [0.25, 0.3) is 5.69 Å². The average molecular weight is 473 g/mol. The van der Waals surface area contributed by atoms with Gasteiger partial charge in [-0.05, 0) is 30.5 Å². The molecule has 11 heteroatoms. The highest BCUT2D eigenvalue weighted by Gasteiger charge is 2.31. The summed E-state index contributed by atoms with van der Waals surface area (Å²) in [6, 6.07) is 13.6. The second kappa shape index (κ2) is 9.94. The van der Waals surface area contributed by atoms with Crippen molar-refractivity contribution in [3.8, 4) is 17.0 Å². The number of anilines is 2. The third-order valence-electron chi connectivity index (χ3n) is 5.40. The lowest BCUT2D eigenvalue weighted by Crippen LogP contribution is -2.18. The first kappa shape index (κ1) is 23.3. The van der Waals surface area contributed by atoms with Gasteiger partial charge in [-0.25, -0.2) is 4.98 Å². The number of aromatic nitrogens is 2. The SMILES string of the molecule is O=[N+]([O-])c1ccc(CNc2cc(-c3cccc(OC(F)(F)F)c3)nc(NC3CCCC3)n2)cc1. The normalized spacial score (nSPS) is 14.1. The molecule has 2 aromatic carbocycles. The van der Waals surface area contributed by atoms with Gasteiger partial charge < -0.3 is 15.4 Å². The van der Waals surface area contributed by atoms with Crippen LogP contribution in [0.4, 0.5) is 30.6 Å². The summed E-state index contributed by atoms with van der Waals surface area (Å²) in [6.07, 6.45) is -0.585. The van der Waals surface area contributed by atoms with Crippen LogP contribution in [0.5, 0.6) is 5.75 Å². The molecular weight excluding hydrogens is 451 g/mol. The molecule has 0 unspecified atom stereocenters. The second-order valence-corrected chi connectivity index (χ2v) is 7.94. The Labute approximate surface area is 193 Å². The van der Waals surface area contributed by atoms with Crippen LogP contribution < -0.4 is 15.4 Å². The Balaban J connectivity index is 1.59. The van der Waals surface area contributed by atoms with Gasteiger partial charge in [0.1, 0.15) is 11.6 Å². The van der Waals surface area contributed by atoms with Gasteiger partial charge in [0.15, 0.2) is 0 Å². The van der Waals surface area contributed by atoms with Crippen molar-refractivity contribution < 1.29 is 22.8 Å². The Bertz CT molecular complexity index is 1150. The Morgan fingerprint density at radius 3 is 2.47 bits per heavy atom. The molecule has 1 fully saturated rings. The smallest absolute Gasteiger partial charge is 0.406 e. The standard InChI is InChI=1S/C23H22F3N5O3/c24-23(25,26)34-19-7-3-4-16(12-19)20-13-21(30-22(29-20)28-17-5-1-2-6-17)27-14-15-8-10-18(11-9-15)31(32)33/h3-4,7-13,17H,1-2,5-6,14H2,(H2,27,28,29,30). The van der Waals surface area contributed by atoms with Gasteiger partial charge in [0.2, 0.25) is 5.95 Å². The first-order valence-corrected chi connectivity index (χ1v) is 10.7. The summed E-state index contributed by atoms with van der Waals surface area (Å²) in [5.74, 6) is 0.498. The maximum absolute atomic E-state index is 12.7. The molecule has 0 spiro atoms. The number of nitro groups is 1. The number of ether oxygens (including phenoxy) is 1. The van der Waals surface area contributed by atoms with E-state index in [1.54, 1.807) is 24.3 Å². The van der Waals surface area contributed by atoms with E-state index in [1.165, 1.54) is 30.3 Å². The number of alkyl halides is 3. The lowest BCUT2D eigenvalue weighted by Gasteiger charge is -2.15. The number of non-ortho nitro benzene ring substituents is 1. The zero-order valence-corrected chi connectivity index (χ0v) is 18.0. The quantitative estimate of drug-likeness (QED) is 0.309. The molecule has 0 amide bonds. The molecule has 0 aliphatic heterocycles. The summed E-state index contributed by atoms with van der Waals surface area (Å²) in [6.45, 7) is 0.342. The van der Waals surface area contributed by atoms with Crippen LogP contribution in [0.2, 0.25) is 0 Å². The fourth-order valence-corrected chi connectivity index (χ4v) is 3.78. The van der Waals surface area contributed by atoms with Crippen LogP contribution in [-0.2, 0) is 6.54 Å². The molecule has 1 aromatic heterocycles. The largest absolute Gasteiger partial charge is 0.573 e. The van der Waals surface area contributed by atoms with Crippen molar-refractivity contribution in [3.05, 3.63) is 70.3 Å². The van der Waals surface area contributed by atoms with Crippen molar-refractivity contribution in [3.63, 3.8) is 0 Å². The van der Waals surface area contributed by atoms with E-state index in [9.17, 15) is 23.3 Å². The highest BCUT2D eigenvalue weighted by atomic mass is 19.4. The second-order valence-electron chi connectivity index (χ2n) is 7.94. The van der Waals surface area contributed by atoms with E-state index in [-0.39, 0.29) is 17.5 Å². The molecule has 0 saturated heterocycles. The zero-order chi connectivity index (χ0) is 24.1. The van der Waals surface area contributed by atoms with Crippen molar-refractivity contribution in [2.45, 2.75) is 44.6 Å². The van der Waals surface area contributed by atoms with Crippen LogP contribution in [0, 0.1) is 10.1 Å². The number of hydrogen-bond acceptors (Lipinski definition) is 7. The molecule has 178 valence electrons. The molecule has 1 heterocycles. The Morgan fingerprint density at radius 1 is 1.06 bits per heavy atom. The van der Waals surface area contributed by atoms with E-state index in [0.29, 0.717) is 29.6 Å². The maximum Gasteiger partial charge on any atom is 0.573 e. The fraction of sp³-hybridized carbons (Fsp3) is 0.304. The summed E-state index contributed by atoms with van der Waals surface area (Å²) in [5, 5.41) is 17.3. The zero-order valence-electron chi connectivity index (χ0n) is 18.0. The Morgan fingerprint density at radius 2 is 1.79 bits per heavy atom. The topological polar surface area (TPSA) is 102 Å². The third kappa shape index (κ3) is 6.33. The summed E-state index contributed by atoms with van der Waals surface area (Å²) >= 11 is 0. The van der Waals surface area contributed by atoms with Gasteiger partial charge >= 0.3 is 6.36 Å². The van der Waals surface area contributed by atoms with E-state index in [4.69, 9.17) is 0 Å². The molecule has 2 N–H and O–H groups in total. The van der Waals surface area contributed by atoms with Crippen LogP contribution in [0.1, 0.15) is 31.2 Å². The number of nitrogens with one attached hydrogen (secondary N) is 2. The van der Waals surface area contributed by atoms with Crippen molar-refractivity contribution >= 4 is 17.5 Å². The summed E-state index contributed by atoms with van der Waals surface area (Å²) < 4.78 is 42.0. The third-order valence-corrected chi connectivity index (χ3v) is 5.40. The van der Waals surface area contributed by atoms with Crippen LogP contribution in [0.15, 0.2) is 54.6 Å². The number of halogens is 3. The van der Waals surface area contributed by atoms with E-state index in [1.807, 2.05) is 0 Å². The van der Waals surface area contributed by atoms with Crippen LogP contribution in [0.3, 0.4) is 0 Å². The highest BCUT2D eigenvalue weighted by molar-refractivity contribution is 5.66. The fourth-order valence-electron chi connectivity index (χ4n) is 3.78. The lowest BCUT2D eigenvalue weighted by atomic mass is 10.1. The molecule has 3 aromatic rings. The predicted octanol–water partition coefficient (Wildman–Crippen LogP) is 5.92. The lowest BCUT2D eigenvalue weighted by molar-refractivity contribution is -0.384. The van der Waals surface area contributed by atoms with Gasteiger partial charge in [-0.2, -0.15) is 4.98 Å². The van der Waals surface area contributed by atoms with Gasteiger partial charge in [-0.15, -0.1) is 13.2 Å². The minimum Gasteiger partial charge on any atom is -0.406 e. The monoisotopic (exact) mass is 473 g/mol. The Kier molecular flexibility index (Phi) is 6.80. The highest BCUT2D eigenvalue weighted by Crippen LogP contribution is 2.29. The van der Waals surface area contributed by atoms with Crippen molar-refractivity contribution in [2.75, 3.05) is 10.6 Å². The van der Waals surface area contributed by atoms with Crippen LogP contribution in [-0.4, -0.2) is 27.3 Å². The van der Waals surface area contributed by atoms with Crippen molar-refractivity contribution in [1.29, 1.82) is 0 Å². The summed E-state index contributed by atoms with van der Waals surface area (Å²) in [7, 11) is 0. The number of rotatable bonds is 8. The first-order chi connectivity index (χ1) is 16.2. The molecule has 1 aliphatic rings. The van der Waals surface area contributed by atoms with E-state index >= 15 is 0 Å². The molecule has 1 saturated carbocycles. The predicted molar refractivity (Wildman–Crippen MR) is 120 cm³/mol. The van der Waals surface area contributed by atoms with Gasteiger partial charge in [0.05, 0.1) is 10.6 Å². The Hall–Kier alpha value is -3.89. The number of nitro benzene ring substituents is 1. The molecular formula is C23H22F3N5O3. The number of hydrogen-bond donors (Lipinski definition) is 2. The minimum absolute atomic E-state index is 0.00270. The molecule has 34 heavy (non-hydrogen) atoms. The van der Waals surface area contributed by atoms with E-state index in [2.05, 4.69) is 25.3 Å². The van der Waals surface area contributed by atoms with Crippen LogP contribution in [0.25, 0.3) is 11.3 Å². The molecule has 8 nitrogen and oxygen atoms in total. The average Bonchev–Trinajstić information content (AvgIpc) is 3.30. The van der Waals surface area contributed by atoms with E-state index in [0.717, 1.165) is 31.2 Å². The number of benzene rings is 2. The van der Waals surface area contributed by atoms with E-state index < -0.39 is 11.3 Å². The maximum atomic E-state index is 12.7. The van der Waals surface area contributed by atoms with Crippen LogP contribution >= 0.6 is 0 Å². The molecule has 1 aliphatic carbocycles. The first-order valence-electron chi connectivity index (χ1n) is 10.7. The minimum atomic E-state index is -4.79. The molecule has 0 bridgehead atoms. The van der Waals surface area contributed by atoms with Gasteiger partial charge in [-0.1, -0.05) is 37.1 Å². The summed E-state index contributed by atoms with van der Waals surface area (Å²) in [5.41, 5.74) is 1.67.